The highest BCUT2D eigenvalue weighted by atomic mass is 32.2. The number of benzene rings is 2. The minimum absolute atomic E-state index is 0.126. The average molecular weight is 642 g/mol. The molecule has 1 saturated heterocycles. The molecular formula is C34H35N5O6S. The summed E-state index contributed by atoms with van der Waals surface area (Å²) in [6, 6.07) is 15.9. The molecule has 2 aromatic heterocycles. The predicted molar refractivity (Wildman–Crippen MR) is 174 cm³/mol. The lowest BCUT2D eigenvalue weighted by Crippen LogP contribution is -2.40. The molecule has 2 fully saturated rings. The Bertz CT molecular complexity index is 1980. The van der Waals surface area contributed by atoms with Crippen LogP contribution in [0.25, 0.3) is 11.1 Å². The van der Waals surface area contributed by atoms with Crippen molar-refractivity contribution in [1.29, 1.82) is 0 Å². The van der Waals surface area contributed by atoms with Gasteiger partial charge in [0.25, 0.3) is 21.5 Å². The van der Waals surface area contributed by atoms with Crippen molar-refractivity contribution in [3.8, 4) is 11.1 Å². The maximum absolute atomic E-state index is 13.9. The quantitative estimate of drug-likeness (QED) is 0.312. The number of carbonyl (C=O) groups excluding carboxylic acids is 1. The summed E-state index contributed by atoms with van der Waals surface area (Å²) >= 11 is 0. The maximum atomic E-state index is 13.9. The Balaban J connectivity index is 1.18. The Morgan fingerprint density at radius 2 is 1.87 bits per heavy atom. The molecule has 46 heavy (non-hydrogen) atoms. The van der Waals surface area contributed by atoms with Gasteiger partial charge in [-0.05, 0) is 72.2 Å². The molecule has 1 aliphatic carbocycles. The van der Waals surface area contributed by atoms with Crippen molar-refractivity contribution >= 4 is 33.1 Å². The molecule has 0 unspecified atom stereocenters. The molecule has 0 spiro atoms. The van der Waals surface area contributed by atoms with E-state index in [4.69, 9.17) is 4.74 Å². The lowest BCUT2D eigenvalue weighted by atomic mass is 9.99. The normalized spacial score (nSPS) is 17.4. The van der Waals surface area contributed by atoms with Gasteiger partial charge in [0.1, 0.15) is 11.5 Å². The highest BCUT2D eigenvalue weighted by molar-refractivity contribution is 7.93. The van der Waals surface area contributed by atoms with Gasteiger partial charge in [-0.1, -0.05) is 24.3 Å². The molecule has 0 radical (unpaired) electrons. The fourth-order valence-corrected chi connectivity index (χ4v) is 8.03. The molecule has 1 amide bonds. The minimum atomic E-state index is -3.86. The molecule has 3 aliphatic rings. The van der Waals surface area contributed by atoms with Gasteiger partial charge in [0.15, 0.2) is 0 Å². The number of aromatic nitrogens is 2. The van der Waals surface area contributed by atoms with Crippen molar-refractivity contribution in [3.63, 3.8) is 0 Å². The second kappa shape index (κ2) is 12.0. The third-order valence-corrected chi connectivity index (χ3v) is 10.8. The summed E-state index contributed by atoms with van der Waals surface area (Å²) in [7, 11) is -2.23. The van der Waals surface area contributed by atoms with E-state index >= 15 is 0 Å². The van der Waals surface area contributed by atoms with Crippen LogP contribution in [0.1, 0.15) is 45.8 Å². The molecule has 12 heteroatoms. The Morgan fingerprint density at radius 1 is 1.07 bits per heavy atom. The number of hydrogen-bond donors (Lipinski definition) is 2. The van der Waals surface area contributed by atoms with E-state index in [-0.39, 0.29) is 23.7 Å². The van der Waals surface area contributed by atoms with E-state index in [1.165, 1.54) is 20.6 Å². The molecule has 2 N–H and O–H groups in total. The number of ether oxygens (including phenoxy) is 1. The van der Waals surface area contributed by atoms with E-state index in [1.54, 1.807) is 60.6 Å². The number of amides is 1. The number of fused-ring (bicyclic) bond motifs is 1. The number of rotatable bonds is 7. The zero-order valence-electron chi connectivity index (χ0n) is 25.5. The van der Waals surface area contributed by atoms with Crippen molar-refractivity contribution < 1.29 is 23.1 Å². The molecule has 1 saturated carbocycles. The average Bonchev–Trinajstić information content (AvgIpc) is 3.93. The smallest absolute Gasteiger partial charge is 0.274 e. The summed E-state index contributed by atoms with van der Waals surface area (Å²) in [6.45, 7) is 1.91. The van der Waals surface area contributed by atoms with Gasteiger partial charge in [-0.2, -0.15) is 0 Å². The van der Waals surface area contributed by atoms with Crippen LogP contribution >= 0.6 is 0 Å². The maximum Gasteiger partial charge on any atom is 0.274 e. The number of sulfonamides is 1. The molecule has 238 valence electrons. The van der Waals surface area contributed by atoms with Crippen LogP contribution in [0.3, 0.4) is 0 Å². The lowest BCUT2D eigenvalue weighted by Gasteiger charge is -2.32. The van der Waals surface area contributed by atoms with Crippen LogP contribution in [0, 0.1) is 0 Å². The highest BCUT2D eigenvalue weighted by Crippen LogP contribution is 2.43. The number of aliphatic hydroxyl groups excluding tert-OH is 1. The fourth-order valence-electron chi connectivity index (χ4n) is 6.30. The Morgan fingerprint density at radius 3 is 2.59 bits per heavy atom. The van der Waals surface area contributed by atoms with Gasteiger partial charge in [-0.15, -0.1) is 0 Å². The van der Waals surface area contributed by atoms with Gasteiger partial charge in [-0.25, -0.2) is 13.4 Å². The molecule has 2 aliphatic heterocycles. The number of hydrogen-bond acceptors (Lipinski definition) is 8. The SMILES string of the molecule is Cn1cc(-c2cccc(N3CCc4cc(C5CC5)ccc4S3(=O)=O)c2CO)cc(Nc2ccc(C(=O)N3CCOCC3)cn2)c1=O. The molecule has 2 aromatic carbocycles. The van der Waals surface area contributed by atoms with Gasteiger partial charge in [0.2, 0.25) is 0 Å². The first-order valence-corrected chi connectivity index (χ1v) is 16.9. The second-order valence-electron chi connectivity index (χ2n) is 12.0. The Kier molecular flexibility index (Phi) is 7.87. The molecule has 0 bridgehead atoms. The summed E-state index contributed by atoms with van der Waals surface area (Å²) in [4.78, 5) is 32.3. The first kappa shape index (κ1) is 30.2. The number of pyridine rings is 2. The Labute approximate surface area is 267 Å². The predicted octanol–water partition coefficient (Wildman–Crippen LogP) is 3.78. The van der Waals surface area contributed by atoms with Gasteiger partial charge < -0.3 is 24.6 Å². The van der Waals surface area contributed by atoms with Crippen LogP contribution in [-0.2, 0) is 34.8 Å². The fraction of sp³-hybridized carbons (Fsp3) is 0.324. The van der Waals surface area contributed by atoms with E-state index in [0.29, 0.717) is 77.3 Å². The van der Waals surface area contributed by atoms with Gasteiger partial charge in [0, 0.05) is 50.2 Å². The number of nitrogens with one attached hydrogen (secondary N) is 1. The van der Waals surface area contributed by atoms with Gasteiger partial charge in [-0.3, -0.25) is 13.9 Å². The van der Waals surface area contributed by atoms with E-state index < -0.39 is 16.6 Å². The van der Waals surface area contributed by atoms with Crippen LogP contribution in [0.4, 0.5) is 17.2 Å². The summed E-state index contributed by atoms with van der Waals surface area (Å²) in [5.74, 6) is 0.787. The van der Waals surface area contributed by atoms with Crippen molar-refractivity contribution in [3.05, 3.63) is 99.6 Å². The van der Waals surface area contributed by atoms with Crippen molar-refractivity contribution in [2.24, 2.45) is 7.05 Å². The van der Waals surface area contributed by atoms with Crippen LogP contribution in [0.2, 0.25) is 0 Å². The second-order valence-corrected chi connectivity index (χ2v) is 13.8. The summed E-state index contributed by atoms with van der Waals surface area (Å²) in [5.41, 5.74) is 4.47. The van der Waals surface area contributed by atoms with E-state index in [0.717, 1.165) is 18.4 Å². The third-order valence-electron chi connectivity index (χ3n) is 8.93. The number of carbonyl (C=O) groups is 1. The topological polar surface area (TPSA) is 134 Å². The molecule has 11 nitrogen and oxygen atoms in total. The first-order chi connectivity index (χ1) is 22.2. The standard InChI is InChI=1S/C34H35N5O6S/c1-37-20-26(18-29(34(37)42)36-32-10-8-25(19-35-32)33(41)38-13-15-45-16-14-38)27-3-2-4-30(28(27)21-40)39-12-11-24-17-23(22-5-6-22)7-9-31(24)46(39,43)44/h2-4,7-10,17-20,22,40H,5-6,11-16,21H2,1H3,(H,35,36). The van der Waals surface area contributed by atoms with Crippen LogP contribution in [0.5, 0.6) is 0 Å². The minimum Gasteiger partial charge on any atom is -0.392 e. The number of aryl methyl sites for hydroxylation is 1. The van der Waals surface area contributed by atoms with Crippen LogP contribution in [-0.4, -0.2) is 66.7 Å². The van der Waals surface area contributed by atoms with E-state index in [2.05, 4.69) is 10.3 Å². The van der Waals surface area contributed by atoms with E-state index in [9.17, 15) is 23.1 Å². The molecule has 0 atom stereocenters. The number of nitrogens with zero attached hydrogens (tertiary/aromatic N) is 4. The summed E-state index contributed by atoms with van der Waals surface area (Å²) in [6.07, 6.45) is 5.99. The molecule has 4 heterocycles. The number of morpholine rings is 1. The number of anilines is 3. The summed E-state index contributed by atoms with van der Waals surface area (Å²) < 4.78 is 35.9. The van der Waals surface area contributed by atoms with Crippen LogP contribution < -0.4 is 15.2 Å². The lowest BCUT2D eigenvalue weighted by molar-refractivity contribution is 0.0302. The van der Waals surface area contributed by atoms with Gasteiger partial charge >= 0.3 is 0 Å². The first-order valence-electron chi connectivity index (χ1n) is 15.4. The summed E-state index contributed by atoms with van der Waals surface area (Å²) in [5, 5.41) is 13.7. The highest BCUT2D eigenvalue weighted by Gasteiger charge is 2.35. The molecular weight excluding hydrogens is 606 g/mol. The largest absolute Gasteiger partial charge is 0.392 e. The Hall–Kier alpha value is -4.52. The van der Waals surface area contributed by atoms with Gasteiger partial charge in [0.05, 0.1) is 36.0 Å². The molecule has 4 aromatic rings. The van der Waals surface area contributed by atoms with Crippen molar-refractivity contribution in [1.82, 2.24) is 14.5 Å². The monoisotopic (exact) mass is 641 g/mol. The third kappa shape index (κ3) is 5.57. The number of aliphatic hydroxyl groups is 1. The zero-order chi connectivity index (χ0) is 32.0. The zero-order valence-corrected chi connectivity index (χ0v) is 26.3. The van der Waals surface area contributed by atoms with Crippen molar-refractivity contribution in [2.75, 3.05) is 42.5 Å². The van der Waals surface area contributed by atoms with Crippen LogP contribution in [0.15, 0.2) is 76.7 Å². The molecule has 7 rings (SSSR count). The van der Waals surface area contributed by atoms with Crippen molar-refractivity contribution in [2.45, 2.75) is 36.7 Å². The van der Waals surface area contributed by atoms with E-state index in [1.807, 2.05) is 12.1 Å².